The van der Waals surface area contributed by atoms with Crippen LogP contribution in [0.5, 0.6) is 11.5 Å². The first-order valence-corrected chi connectivity index (χ1v) is 11.1. The minimum Gasteiger partial charge on any atom is -0.493 e. The SMILES string of the molecule is COCCCn1c(N)c(C(=O)NCCc2ccc(OC)c(OC)c2)c2nc3ccccc3nc21. The van der Waals surface area contributed by atoms with Crippen molar-refractivity contribution in [1.82, 2.24) is 19.9 Å². The van der Waals surface area contributed by atoms with Gasteiger partial charge >= 0.3 is 0 Å². The van der Waals surface area contributed by atoms with E-state index < -0.39 is 0 Å². The predicted molar refractivity (Wildman–Crippen MR) is 132 cm³/mol. The van der Waals surface area contributed by atoms with Crippen molar-refractivity contribution < 1.29 is 19.0 Å². The molecule has 0 radical (unpaired) electrons. The topological polar surface area (TPSA) is 114 Å². The molecule has 2 aromatic heterocycles. The Balaban J connectivity index is 1.60. The molecule has 0 bridgehead atoms. The van der Waals surface area contributed by atoms with Gasteiger partial charge in [0.1, 0.15) is 16.9 Å². The first kappa shape index (κ1) is 23.3. The fourth-order valence-electron chi connectivity index (χ4n) is 3.98. The summed E-state index contributed by atoms with van der Waals surface area (Å²) in [6.07, 6.45) is 1.35. The molecular formula is C25H29N5O4. The summed E-state index contributed by atoms with van der Waals surface area (Å²) >= 11 is 0. The number of nitrogens with one attached hydrogen (secondary N) is 1. The van der Waals surface area contributed by atoms with Crippen molar-refractivity contribution in [3.63, 3.8) is 0 Å². The van der Waals surface area contributed by atoms with Crippen molar-refractivity contribution in [2.75, 3.05) is 40.2 Å². The number of nitrogen functional groups attached to an aromatic ring is 1. The number of aryl methyl sites for hydroxylation is 1. The van der Waals surface area contributed by atoms with Crippen molar-refractivity contribution in [2.45, 2.75) is 19.4 Å². The second kappa shape index (κ2) is 10.4. The third kappa shape index (κ3) is 4.60. The van der Waals surface area contributed by atoms with Gasteiger partial charge in [-0.15, -0.1) is 0 Å². The van der Waals surface area contributed by atoms with Gasteiger partial charge in [0.25, 0.3) is 5.91 Å². The van der Waals surface area contributed by atoms with Crippen LogP contribution in [0.25, 0.3) is 22.2 Å². The molecule has 0 aliphatic carbocycles. The van der Waals surface area contributed by atoms with Crippen LogP contribution in [0, 0.1) is 0 Å². The number of anilines is 1. The minimum atomic E-state index is -0.280. The number of benzene rings is 2. The molecule has 2 heterocycles. The van der Waals surface area contributed by atoms with Crippen molar-refractivity contribution in [3.8, 4) is 11.5 Å². The molecule has 9 nitrogen and oxygen atoms in total. The van der Waals surface area contributed by atoms with Crippen LogP contribution in [-0.4, -0.2) is 54.9 Å². The molecule has 0 spiro atoms. The quantitative estimate of drug-likeness (QED) is 0.347. The molecule has 0 atom stereocenters. The Hall–Kier alpha value is -3.85. The van der Waals surface area contributed by atoms with Gasteiger partial charge in [-0.2, -0.15) is 0 Å². The van der Waals surface area contributed by atoms with E-state index in [0.29, 0.717) is 65.7 Å². The Bertz CT molecular complexity index is 1320. The third-order valence-electron chi connectivity index (χ3n) is 5.70. The summed E-state index contributed by atoms with van der Waals surface area (Å²) in [6, 6.07) is 13.3. The molecule has 0 unspecified atom stereocenters. The first-order chi connectivity index (χ1) is 16.6. The summed E-state index contributed by atoms with van der Waals surface area (Å²) in [4.78, 5) is 22.7. The van der Waals surface area contributed by atoms with Gasteiger partial charge in [0.15, 0.2) is 17.1 Å². The zero-order chi connectivity index (χ0) is 24.1. The van der Waals surface area contributed by atoms with Crippen LogP contribution in [0.4, 0.5) is 5.82 Å². The van der Waals surface area contributed by atoms with Crippen LogP contribution in [0.3, 0.4) is 0 Å². The maximum absolute atomic E-state index is 13.2. The number of rotatable bonds is 10. The van der Waals surface area contributed by atoms with E-state index in [4.69, 9.17) is 29.9 Å². The highest BCUT2D eigenvalue weighted by Gasteiger charge is 2.23. The molecule has 9 heteroatoms. The highest BCUT2D eigenvalue weighted by molar-refractivity contribution is 6.10. The Morgan fingerprint density at radius 2 is 1.76 bits per heavy atom. The van der Waals surface area contributed by atoms with Crippen LogP contribution in [0.2, 0.25) is 0 Å². The summed E-state index contributed by atoms with van der Waals surface area (Å²) in [7, 11) is 4.85. The second-order valence-electron chi connectivity index (χ2n) is 7.84. The van der Waals surface area contributed by atoms with E-state index >= 15 is 0 Å². The van der Waals surface area contributed by atoms with E-state index in [2.05, 4.69) is 5.32 Å². The molecule has 0 saturated heterocycles. The van der Waals surface area contributed by atoms with Crippen molar-refractivity contribution in [1.29, 1.82) is 0 Å². The lowest BCUT2D eigenvalue weighted by Gasteiger charge is -2.10. The van der Waals surface area contributed by atoms with Crippen LogP contribution in [0.1, 0.15) is 22.3 Å². The Kier molecular flexibility index (Phi) is 7.12. The Morgan fingerprint density at radius 3 is 2.47 bits per heavy atom. The first-order valence-electron chi connectivity index (χ1n) is 11.1. The minimum absolute atomic E-state index is 0.280. The molecular weight excluding hydrogens is 434 g/mol. The van der Waals surface area contributed by atoms with Crippen LogP contribution in [0.15, 0.2) is 42.5 Å². The van der Waals surface area contributed by atoms with Gasteiger partial charge in [0, 0.05) is 26.8 Å². The molecule has 1 amide bonds. The van der Waals surface area contributed by atoms with E-state index in [0.717, 1.165) is 17.5 Å². The monoisotopic (exact) mass is 463 g/mol. The van der Waals surface area contributed by atoms with Gasteiger partial charge in [0.05, 0.1) is 25.3 Å². The van der Waals surface area contributed by atoms with Gasteiger partial charge in [-0.05, 0) is 42.7 Å². The summed E-state index contributed by atoms with van der Waals surface area (Å²) in [5.74, 6) is 1.38. The maximum Gasteiger partial charge on any atom is 0.257 e. The van der Waals surface area contributed by atoms with E-state index in [1.807, 2.05) is 47.0 Å². The highest BCUT2D eigenvalue weighted by Crippen LogP contribution is 2.29. The van der Waals surface area contributed by atoms with E-state index in [9.17, 15) is 4.79 Å². The lowest BCUT2D eigenvalue weighted by Crippen LogP contribution is -2.26. The summed E-state index contributed by atoms with van der Waals surface area (Å²) < 4.78 is 17.7. The fraction of sp³-hybridized carbons (Fsp3) is 0.320. The number of fused-ring (bicyclic) bond motifs is 2. The lowest BCUT2D eigenvalue weighted by molar-refractivity contribution is 0.0956. The standard InChI is InChI=1S/C25H29N5O4/c1-32-14-6-13-30-23(26)21(22-24(30)29-18-8-5-4-7-17(18)28-22)25(31)27-12-11-16-9-10-19(33-2)20(15-16)34-3/h4-5,7-10,15H,6,11-14,26H2,1-3H3,(H,27,31). The van der Waals surface area contributed by atoms with Crippen molar-refractivity contribution in [3.05, 3.63) is 53.6 Å². The second-order valence-corrected chi connectivity index (χ2v) is 7.84. The van der Waals surface area contributed by atoms with Gasteiger partial charge in [0.2, 0.25) is 0 Å². The molecule has 178 valence electrons. The number of hydrogen-bond acceptors (Lipinski definition) is 7. The smallest absolute Gasteiger partial charge is 0.257 e. The third-order valence-corrected chi connectivity index (χ3v) is 5.70. The average Bonchev–Trinajstić information content (AvgIpc) is 3.12. The van der Waals surface area contributed by atoms with E-state index in [-0.39, 0.29) is 5.91 Å². The van der Waals surface area contributed by atoms with Crippen molar-refractivity contribution >= 4 is 33.9 Å². The zero-order valence-corrected chi connectivity index (χ0v) is 19.6. The number of carbonyl (C=O) groups is 1. The summed E-state index contributed by atoms with van der Waals surface area (Å²) in [5, 5.41) is 2.98. The number of nitrogens with two attached hydrogens (primary N) is 1. The number of aromatic nitrogens is 3. The molecule has 0 saturated carbocycles. The molecule has 2 aromatic carbocycles. The normalized spacial score (nSPS) is 11.1. The molecule has 4 rings (SSSR count). The number of methoxy groups -OCH3 is 3. The summed E-state index contributed by atoms with van der Waals surface area (Å²) in [6.45, 7) is 1.57. The van der Waals surface area contributed by atoms with Crippen LogP contribution >= 0.6 is 0 Å². The molecule has 0 fully saturated rings. The zero-order valence-electron chi connectivity index (χ0n) is 19.6. The molecule has 4 aromatic rings. The molecule has 0 aliphatic rings. The van der Waals surface area contributed by atoms with Crippen LogP contribution < -0.4 is 20.5 Å². The number of amides is 1. The summed E-state index contributed by atoms with van der Waals surface area (Å²) in [5.41, 5.74) is 10.4. The number of para-hydroxylation sites is 2. The average molecular weight is 464 g/mol. The van der Waals surface area contributed by atoms with Gasteiger partial charge < -0.3 is 29.8 Å². The van der Waals surface area contributed by atoms with Gasteiger partial charge in [-0.1, -0.05) is 18.2 Å². The fourth-order valence-corrected chi connectivity index (χ4v) is 3.98. The van der Waals surface area contributed by atoms with Crippen molar-refractivity contribution in [2.24, 2.45) is 0 Å². The Morgan fingerprint density at radius 1 is 1.03 bits per heavy atom. The lowest BCUT2D eigenvalue weighted by atomic mass is 10.1. The van der Waals surface area contributed by atoms with Crippen LogP contribution in [-0.2, 0) is 17.7 Å². The number of ether oxygens (including phenoxy) is 3. The largest absolute Gasteiger partial charge is 0.493 e. The maximum atomic E-state index is 13.2. The van der Waals surface area contributed by atoms with E-state index in [1.54, 1.807) is 21.3 Å². The molecule has 3 N–H and O–H groups in total. The highest BCUT2D eigenvalue weighted by atomic mass is 16.5. The number of carbonyl (C=O) groups excluding carboxylic acids is 1. The number of nitrogens with zero attached hydrogens (tertiary/aromatic N) is 3. The number of hydrogen-bond donors (Lipinski definition) is 2. The van der Waals surface area contributed by atoms with Gasteiger partial charge in [-0.3, -0.25) is 4.79 Å². The Labute approximate surface area is 197 Å². The van der Waals surface area contributed by atoms with E-state index in [1.165, 1.54) is 0 Å². The molecule has 0 aliphatic heterocycles. The van der Waals surface area contributed by atoms with Gasteiger partial charge in [-0.25, -0.2) is 9.97 Å². The molecule has 34 heavy (non-hydrogen) atoms. The predicted octanol–water partition coefficient (Wildman–Crippen LogP) is 3.19.